The topological polar surface area (TPSA) is 29.9 Å². The van der Waals surface area contributed by atoms with Crippen molar-refractivity contribution in [1.82, 2.24) is 14.9 Å². The van der Waals surface area contributed by atoms with Crippen molar-refractivity contribution in [2.75, 3.05) is 6.54 Å². The molecule has 0 bridgehead atoms. The van der Waals surface area contributed by atoms with Gasteiger partial charge in [-0.05, 0) is 19.4 Å². The fraction of sp³-hybridized carbons (Fsp3) is 0.462. The Labute approximate surface area is 104 Å². The van der Waals surface area contributed by atoms with Gasteiger partial charge < -0.3 is 9.88 Å². The minimum absolute atomic E-state index is 0.138. The number of imidazole rings is 1. The van der Waals surface area contributed by atoms with E-state index in [2.05, 4.69) is 10.3 Å². The zero-order valence-corrected chi connectivity index (χ0v) is 10.2. The Morgan fingerprint density at radius 1 is 1.33 bits per heavy atom. The van der Waals surface area contributed by atoms with Gasteiger partial charge in [0, 0.05) is 19.2 Å². The van der Waals surface area contributed by atoms with E-state index in [9.17, 15) is 8.78 Å². The van der Waals surface area contributed by atoms with E-state index >= 15 is 0 Å². The fourth-order valence-electron chi connectivity index (χ4n) is 2.67. The summed E-state index contributed by atoms with van der Waals surface area (Å²) in [6, 6.07) is 2.32. The normalized spacial score (nSPS) is 20.5. The second-order valence-electron chi connectivity index (χ2n) is 4.79. The average molecular weight is 251 g/mol. The molecule has 1 aromatic heterocycles. The summed E-state index contributed by atoms with van der Waals surface area (Å²) in [5.74, 6) is -0.350. The van der Waals surface area contributed by atoms with Crippen molar-refractivity contribution in [3.63, 3.8) is 0 Å². The summed E-state index contributed by atoms with van der Waals surface area (Å²) in [5, 5.41) is 3.37. The Morgan fingerprint density at radius 3 is 2.89 bits per heavy atom. The first-order valence-electron chi connectivity index (χ1n) is 6.21. The standard InChI is InChI=1S/C13H15F2N3/c1-18-12-9(15)6-8(14)7-11(12)17-13(18)10-4-2-3-5-16-10/h6-7,10,16H,2-5H2,1H3. The first kappa shape index (κ1) is 11.6. The van der Waals surface area contributed by atoms with Crippen LogP contribution >= 0.6 is 0 Å². The third-order valence-corrected chi connectivity index (χ3v) is 3.54. The zero-order chi connectivity index (χ0) is 12.7. The SMILES string of the molecule is Cn1c(C2CCCCN2)nc2cc(F)cc(F)c21. The summed E-state index contributed by atoms with van der Waals surface area (Å²) in [6.45, 7) is 0.949. The number of rotatable bonds is 1. The van der Waals surface area contributed by atoms with Crippen LogP contribution in [-0.2, 0) is 7.05 Å². The van der Waals surface area contributed by atoms with Crippen molar-refractivity contribution >= 4 is 11.0 Å². The van der Waals surface area contributed by atoms with E-state index in [-0.39, 0.29) is 6.04 Å². The molecule has 1 aromatic carbocycles. The predicted molar refractivity (Wildman–Crippen MR) is 65.2 cm³/mol. The molecular weight excluding hydrogens is 236 g/mol. The van der Waals surface area contributed by atoms with Gasteiger partial charge in [0.2, 0.25) is 0 Å². The first-order valence-corrected chi connectivity index (χ1v) is 6.21. The third-order valence-electron chi connectivity index (χ3n) is 3.54. The third kappa shape index (κ3) is 1.79. The fourth-order valence-corrected chi connectivity index (χ4v) is 2.67. The number of piperidine rings is 1. The van der Waals surface area contributed by atoms with Gasteiger partial charge in [0.1, 0.15) is 17.2 Å². The van der Waals surface area contributed by atoms with Crippen LogP contribution in [0.25, 0.3) is 11.0 Å². The summed E-state index contributed by atoms with van der Waals surface area (Å²) in [4.78, 5) is 4.38. The molecule has 3 rings (SSSR count). The number of hydrogen-bond donors (Lipinski definition) is 1. The van der Waals surface area contributed by atoms with Crippen LogP contribution in [0.2, 0.25) is 0 Å². The molecule has 0 saturated carbocycles. The molecule has 0 aliphatic carbocycles. The number of hydrogen-bond acceptors (Lipinski definition) is 2. The highest BCUT2D eigenvalue weighted by Gasteiger charge is 2.22. The van der Waals surface area contributed by atoms with E-state index in [1.807, 2.05) is 0 Å². The van der Waals surface area contributed by atoms with Crippen LogP contribution in [0.5, 0.6) is 0 Å². The van der Waals surface area contributed by atoms with Crippen molar-refractivity contribution in [2.24, 2.45) is 7.05 Å². The quantitative estimate of drug-likeness (QED) is 0.844. The molecule has 1 saturated heterocycles. The van der Waals surface area contributed by atoms with Gasteiger partial charge in [-0.2, -0.15) is 0 Å². The van der Waals surface area contributed by atoms with Crippen molar-refractivity contribution < 1.29 is 8.78 Å². The van der Waals surface area contributed by atoms with Crippen LogP contribution in [0.4, 0.5) is 8.78 Å². The van der Waals surface area contributed by atoms with E-state index in [0.29, 0.717) is 11.0 Å². The molecule has 1 aliphatic heterocycles. The number of nitrogens with zero attached hydrogens (tertiary/aromatic N) is 2. The molecule has 0 amide bonds. The lowest BCUT2D eigenvalue weighted by Crippen LogP contribution is -2.28. The summed E-state index contributed by atoms with van der Waals surface area (Å²) < 4.78 is 28.7. The maximum Gasteiger partial charge on any atom is 0.152 e. The van der Waals surface area contributed by atoms with Crippen LogP contribution in [0.3, 0.4) is 0 Å². The number of benzene rings is 1. The van der Waals surface area contributed by atoms with Crippen LogP contribution in [0.15, 0.2) is 12.1 Å². The Bertz CT molecular complexity index is 585. The first-order chi connectivity index (χ1) is 8.66. The maximum atomic E-state index is 13.8. The van der Waals surface area contributed by atoms with E-state index in [4.69, 9.17) is 0 Å². The van der Waals surface area contributed by atoms with E-state index in [1.165, 1.54) is 6.07 Å². The summed E-state index contributed by atoms with van der Waals surface area (Å²) >= 11 is 0. The van der Waals surface area contributed by atoms with Crippen LogP contribution in [-0.4, -0.2) is 16.1 Å². The minimum atomic E-state index is -0.582. The van der Waals surface area contributed by atoms with Gasteiger partial charge in [-0.3, -0.25) is 0 Å². The van der Waals surface area contributed by atoms with E-state index < -0.39 is 11.6 Å². The molecule has 5 heteroatoms. The van der Waals surface area contributed by atoms with Gasteiger partial charge in [-0.25, -0.2) is 13.8 Å². The monoisotopic (exact) mass is 251 g/mol. The predicted octanol–water partition coefficient (Wildman–Crippen LogP) is 2.67. The average Bonchev–Trinajstić information content (AvgIpc) is 2.67. The highest BCUT2D eigenvalue weighted by atomic mass is 19.1. The lowest BCUT2D eigenvalue weighted by molar-refractivity contribution is 0.391. The molecule has 2 aromatic rings. The van der Waals surface area contributed by atoms with Gasteiger partial charge in [0.25, 0.3) is 0 Å². The molecule has 1 aliphatic rings. The van der Waals surface area contributed by atoms with Gasteiger partial charge in [0.15, 0.2) is 5.82 Å². The molecule has 2 heterocycles. The number of fused-ring (bicyclic) bond motifs is 1. The van der Waals surface area contributed by atoms with Gasteiger partial charge >= 0.3 is 0 Å². The molecule has 1 atom stereocenters. The van der Waals surface area contributed by atoms with Crippen molar-refractivity contribution in [2.45, 2.75) is 25.3 Å². The van der Waals surface area contributed by atoms with Crippen LogP contribution < -0.4 is 5.32 Å². The second kappa shape index (κ2) is 4.31. The Balaban J connectivity index is 2.13. The van der Waals surface area contributed by atoms with Crippen molar-refractivity contribution in [1.29, 1.82) is 0 Å². The van der Waals surface area contributed by atoms with Gasteiger partial charge in [-0.1, -0.05) is 6.42 Å². The molecule has 1 unspecified atom stereocenters. The molecule has 0 spiro atoms. The smallest absolute Gasteiger partial charge is 0.152 e. The maximum absolute atomic E-state index is 13.8. The second-order valence-corrected chi connectivity index (χ2v) is 4.79. The van der Waals surface area contributed by atoms with Gasteiger partial charge in [-0.15, -0.1) is 0 Å². The largest absolute Gasteiger partial charge is 0.327 e. The number of aryl methyl sites for hydroxylation is 1. The van der Waals surface area contributed by atoms with Crippen LogP contribution in [0, 0.1) is 11.6 Å². The minimum Gasteiger partial charge on any atom is -0.327 e. The summed E-state index contributed by atoms with van der Waals surface area (Å²) in [5.41, 5.74) is 0.760. The lowest BCUT2D eigenvalue weighted by Gasteiger charge is -2.22. The molecule has 96 valence electrons. The van der Waals surface area contributed by atoms with Crippen LogP contribution in [0.1, 0.15) is 31.1 Å². The Kier molecular flexibility index (Phi) is 2.78. The molecule has 1 N–H and O–H groups in total. The van der Waals surface area contributed by atoms with Gasteiger partial charge in [0.05, 0.1) is 11.6 Å². The van der Waals surface area contributed by atoms with Crippen molar-refractivity contribution in [3.8, 4) is 0 Å². The molecule has 18 heavy (non-hydrogen) atoms. The number of nitrogens with one attached hydrogen (secondary N) is 1. The highest BCUT2D eigenvalue weighted by molar-refractivity contribution is 5.76. The highest BCUT2D eigenvalue weighted by Crippen LogP contribution is 2.27. The molecule has 3 nitrogen and oxygen atoms in total. The lowest BCUT2D eigenvalue weighted by atomic mass is 10.0. The molecule has 0 radical (unpaired) electrons. The van der Waals surface area contributed by atoms with Crippen molar-refractivity contribution in [3.05, 3.63) is 29.6 Å². The number of aromatic nitrogens is 2. The van der Waals surface area contributed by atoms with E-state index in [1.54, 1.807) is 11.6 Å². The van der Waals surface area contributed by atoms with E-state index in [0.717, 1.165) is 37.7 Å². The molecular formula is C13H15F2N3. The Morgan fingerprint density at radius 2 is 2.17 bits per heavy atom. The Hall–Kier alpha value is -1.49. The zero-order valence-electron chi connectivity index (χ0n) is 10.2. The summed E-state index contributed by atoms with van der Waals surface area (Å²) in [7, 11) is 1.78. The number of halogens is 2. The summed E-state index contributed by atoms with van der Waals surface area (Å²) in [6.07, 6.45) is 3.28. The molecule has 1 fully saturated rings.